The molecule has 10 aromatic carbocycles. The molecule has 0 saturated heterocycles. The number of nitrogens with zero attached hydrogens (tertiary/aromatic N) is 1. The molecule has 0 amide bonds. The van der Waals surface area contributed by atoms with Crippen molar-refractivity contribution < 1.29 is 4.42 Å². The van der Waals surface area contributed by atoms with Gasteiger partial charge in [0.05, 0.1) is 21.8 Å². The molecule has 0 fully saturated rings. The van der Waals surface area contributed by atoms with E-state index in [4.69, 9.17) is 16.0 Å². The Kier molecular flexibility index (Phi) is 6.92. The molecule has 1 aromatic heterocycles. The van der Waals surface area contributed by atoms with Crippen LogP contribution in [0.1, 0.15) is 47.2 Å². The summed E-state index contributed by atoms with van der Waals surface area (Å²) >= 11 is 7.43. The van der Waals surface area contributed by atoms with E-state index in [0.717, 1.165) is 39.0 Å². The van der Waals surface area contributed by atoms with Gasteiger partial charge in [-0.15, -0.1) is 0 Å². The molecule has 11 aromatic rings. The molecule has 14 rings (SSSR count). The lowest BCUT2D eigenvalue weighted by molar-refractivity contribution is 0.666. The smallest absolute Gasteiger partial charge is 0.139 e. The monoisotopic (exact) mass is 823 g/mol. The molecule has 1 spiro atoms. The summed E-state index contributed by atoms with van der Waals surface area (Å²) in [5, 5.41) is 7.52. The van der Waals surface area contributed by atoms with Crippen LogP contribution < -0.4 is 4.90 Å². The number of fused-ring (bicyclic) bond motifs is 20. The molecule has 1 heterocycles. The van der Waals surface area contributed by atoms with Crippen LogP contribution in [0, 0.1) is 0 Å². The van der Waals surface area contributed by atoms with E-state index in [1.165, 1.54) is 88.3 Å². The SMILES string of the molecule is CC1(C)c2ccccc2-c2cc(N(c3ccc4c(c3)-c3c(ccc5ccccc35)C43c4ccccc4-c4ccccc43)c3cc(Cl)c4c(c3)oc3ccccc34)c3ccccc3c21. The summed E-state index contributed by atoms with van der Waals surface area (Å²) in [6.07, 6.45) is 0. The average Bonchev–Trinajstić information content (AvgIpc) is 4.01. The number of para-hydroxylation sites is 1. The Bertz CT molecular complexity index is 3770. The summed E-state index contributed by atoms with van der Waals surface area (Å²) in [5.41, 5.74) is 19.7. The van der Waals surface area contributed by atoms with Gasteiger partial charge in [-0.25, -0.2) is 0 Å². The van der Waals surface area contributed by atoms with Crippen LogP contribution in [0.4, 0.5) is 17.1 Å². The predicted molar refractivity (Wildman–Crippen MR) is 262 cm³/mol. The summed E-state index contributed by atoms with van der Waals surface area (Å²) in [5.74, 6) is 0. The van der Waals surface area contributed by atoms with Crippen molar-refractivity contribution in [1.29, 1.82) is 0 Å². The highest BCUT2D eigenvalue weighted by atomic mass is 35.5. The molecule has 0 unspecified atom stereocenters. The first kappa shape index (κ1) is 35.2. The van der Waals surface area contributed by atoms with Crippen LogP contribution in [0.25, 0.3) is 76.9 Å². The standard InChI is InChI=1S/C60H38ClNO/c1-59(2)47-23-11-7-19-41(47)45-34-53(42-20-5-6-21-43(42)58(45)59)62(37-32-52(61)57-44-22-10-14-26-54(44)63-55(57)33-37)36-28-30-50-46(31-36)56-38-16-4-3-15-35(38)27-29-51(56)60(50)48-24-12-8-17-39(48)40-18-9-13-25-49(40)60/h3-34H,1-2H3. The summed E-state index contributed by atoms with van der Waals surface area (Å²) in [4.78, 5) is 2.43. The molecule has 63 heavy (non-hydrogen) atoms. The molecule has 0 radical (unpaired) electrons. The van der Waals surface area contributed by atoms with Gasteiger partial charge < -0.3 is 9.32 Å². The van der Waals surface area contributed by atoms with E-state index < -0.39 is 5.41 Å². The van der Waals surface area contributed by atoms with Crippen molar-refractivity contribution in [3.05, 3.63) is 233 Å². The van der Waals surface area contributed by atoms with E-state index in [-0.39, 0.29) is 5.41 Å². The highest BCUT2D eigenvalue weighted by Crippen LogP contribution is 2.64. The van der Waals surface area contributed by atoms with Crippen molar-refractivity contribution in [2.24, 2.45) is 0 Å². The van der Waals surface area contributed by atoms with Gasteiger partial charge in [0, 0.05) is 33.3 Å². The molecule has 0 atom stereocenters. The van der Waals surface area contributed by atoms with E-state index >= 15 is 0 Å². The predicted octanol–water partition coefficient (Wildman–Crippen LogP) is 16.7. The number of anilines is 3. The number of halogens is 1. The Balaban J connectivity index is 1.11. The van der Waals surface area contributed by atoms with Crippen LogP contribution in [0.15, 0.2) is 199 Å². The van der Waals surface area contributed by atoms with Crippen LogP contribution >= 0.6 is 11.6 Å². The molecule has 296 valence electrons. The third-order valence-electron chi connectivity index (χ3n) is 14.7. The normalized spacial score (nSPS) is 14.5. The molecule has 3 heteroatoms. The maximum Gasteiger partial charge on any atom is 0.139 e. The number of hydrogen-bond donors (Lipinski definition) is 0. The Morgan fingerprint density at radius 3 is 1.78 bits per heavy atom. The second-order valence-electron chi connectivity index (χ2n) is 18.0. The van der Waals surface area contributed by atoms with E-state index in [2.05, 4.69) is 195 Å². The fraction of sp³-hybridized carbons (Fsp3) is 0.0667. The van der Waals surface area contributed by atoms with Crippen molar-refractivity contribution in [2.45, 2.75) is 24.7 Å². The Labute approximate surface area is 370 Å². The van der Waals surface area contributed by atoms with Gasteiger partial charge in [-0.3, -0.25) is 0 Å². The van der Waals surface area contributed by atoms with Crippen molar-refractivity contribution in [1.82, 2.24) is 0 Å². The summed E-state index contributed by atoms with van der Waals surface area (Å²) in [6, 6.07) is 71.7. The highest BCUT2D eigenvalue weighted by molar-refractivity contribution is 6.38. The van der Waals surface area contributed by atoms with Gasteiger partial charge in [-0.2, -0.15) is 0 Å². The first-order chi connectivity index (χ1) is 30.9. The Morgan fingerprint density at radius 1 is 0.429 bits per heavy atom. The van der Waals surface area contributed by atoms with E-state index in [1.807, 2.05) is 18.2 Å². The van der Waals surface area contributed by atoms with Gasteiger partial charge in [0.1, 0.15) is 11.2 Å². The molecule has 0 saturated carbocycles. The van der Waals surface area contributed by atoms with Gasteiger partial charge in [-0.1, -0.05) is 183 Å². The zero-order valence-electron chi connectivity index (χ0n) is 34.7. The fourth-order valence-electron chi connectivity index (χ4n) is 12.2. The lowest BCUT2D eigenvalue weighted by Crippen LogP contribution is -2.25. The third kappa shape index (κ3) is 4.44. The highest BCUT2D eigenvalue weighted by Gasteiger charge is 2.52. The molecule has 3 aliphatic rings. The van der Waals surface area contributed by atoms with Crippen molar-refractivity contribution in [3.63, 3.8) is 0 Å². The molecule has 0 N–H and O–H groups in total. The lowest BCUT2D eigenvalue weighted by Gasteiger charge is -2.32. The number of hydrogen-bond acceptors (Lipinski definition) is 2. The fourth-order valence-corrected chi connectivity index (χ4v) is 12.5. The van der Waals surface area contributed by atoms with Crippen LogP contribution in [-0.4, -0.2) is 0 Å². The molecule has 2 nitrogen and oxygen atoms in total. The minimum atomic E-state index is -0.475. The molecule has 3 aliphatic carbocycles. The van der Waals surface area contributed by atoms with Crippen molar-refractivity contribution >= 4 is 72.1 Å². The van der Waals surface area contributed by atoms with Crippen LogP contribution in [-0.2, 0) is 10.8 Å². The Hall–Kier alpha value is -7.39. The second-order valence-corrected chi connectivity index (χ2v) is 18.5. The average molecular weight is 824 g/mol. The maximum atomic E-state index is 7.43. The van der Waals surface area contributed by atoms with E-state index in [9.17, 15) is 0 Å². The zero-order chi connectivity index (χ0) is 41.8. The summed E-state index contributed by atoms with van der Waals surface area (Å²) in [6.45, 7) is 4.74. The molecule has 0 aliphatic heterocycles. The first-order valence-electron chi connectivity index (χ1n) is 21.9. The van der Waals surface area contributed by atoms with Gasteiger partial charge >= 0.3 is 0 Å². The number of rotatable bonds is 3. The summed E-state index contributed by atoms with van der Waals surface area (Å²) < 4.78 is 6.62. The number of furan rings is 1. The maximum absolute atomic E-state index is 7.43. The largest absolute Gasteiger partial charge is 0.456 e. The van der Waals surface area contributed by atoms with Gasteiger partial charge in [0.2, 0.25) is 0 Å². The minimum absolute atomic E-state index is 0.175. The van der Waals surface area contributed by atoms with E-state index in [0.29, 0.717) is 5.02 Å². The quantitative estimate of drug-likeness (QED) is 0.176. The second kappa shape index (κ2) is 12.4. The third-order valence-corrected chi connectivity index (χ3v) is 15.0. The molecular formula is C60H38ClNO. The van der Waals surface area contributed by atoms with Crippen LogP contribution in [0.2, 0.25) is 5.02 Å². The molecular weight excluding hydrogens is 786 g/mol. The number of benzene rings is 10. The minimum Gasteiger partial charge on any atom is -0.456 e. The van der Waals surface area contributed by atoms with Gasteiger partial charge in [0.15, 0.2) is 0 Å². The van der Waals surface area contributed by atoms with Crippen LogP contribution in [0.5, 0.6) is 0 Å². The van der Waals surface area contributed by atoms with Crippen molar-refractivity contribution in [2.75, 3.05) is 4.90 Å². The topological polar surface area (TPSA) is 16.4 Å². The first-order valence-corrected chi connectivity index (χ1v) is 22.2. The Morgan fingerprint density at radius 2 is 1.02 bits per heavy atom. The van der Waals surface area contributed by atoms with Crippen LogP contribution in [0.3, 0.4) is 0 Å². The summed E-state index contributed by atoms with van der Waals surface area (Å²) in [7, 11) is 0. The van der Waals surface area contributed by atoms with Gasteiger partial charge in [0.25, 0.3) is 0 Å². The van der Waals surface area contributed by atoms with Gasteiger partial charge in [-0.05, 0) is 113 Å². The van der Waals surface area contributed by atoms with Crippen molar-refractivity contribution in [3.8, 4) is 33.4 Å². The zero-order valence-corrected chi connectivity index (χ0v) is 35.5. The molecule has 0 bridgehead atoms. The van der Waals surface area contributed by atoms with E-state index in [1.54, 1.807) is 0 Å². The lowest BCUT2D eigenvalue weighted by atomic mass is 9.70.